The van der Waals surface area contributed by atoms with E-state index in [1.165, 1.54) is 7.11 Å². The fourth-order valence-electron chi connectivity index (χ4n) is 3.15. The van der Waals surface area contributed by atoms with Crippen LogP contribution in [0.2, 0.25) is 0 Å². The van der Waals surface area contributed by atoms with Crippen molar-refractivity contribution in [2.45, 2.75) is 12.0 Å². The van der Waals surface area contributed by atoms with Gasteiger partial charge in [0.1, 0.15) is 0 Å². The molecule has 0 fully saturated rings. The van der Waals surface area contributed by atoms with Crippen molar-refractivity contribution in [2.75, 3.05) is 7.11 Å². The average Bonchev–Trinajstić information content (AvgIpc) is 2.75. The number of carbonyl (C=O) groups excluding carboxylic acids is 2. The summed E-state index contributed by atoms with van der Waals surface area (Å²) in [6, 6.07) is 25.5. The summed E-state index contributed by atoms with van der Waals surface area (Å²) in [5, 5.41) is 2.85. The number of methoxy groups -OCH3 is 1. The maximum Gasteiger partial charge on any atom is 0.407 e. The van der Waals surface area contributed by atoms with Gasteiger partial charge >= 0.3 is 6.09 Å². The Morgan fingerprint density at radius 2 is 1.39 bits per heavy atom. The molecule has 0 radical (unpaired) electrons. The van der Waals surface area contributed by atoms with Gasteiger partial charge in [0.2, 0.25) is 0 Å². The molecule has 2 unspecified atom stereocenters. The number of alkyl carbamates (subject to hydrolysis) is 1. The molecule has 3 aromatic rings. The summed E-state index contributed by atoms with van der Waals surface area (Å²) in [6.45, 7) is 0. The molecule has 5 heteroatoms. The Kier molecular flexibility index (Phi) is 6.61. The number of hydrogen-bond acceptors (Lipinski definition) is 3. The van der Waals surface area contributed by atoms with Gasteiger partial charge in [-0.15, -0.1) is 0 Å². The molecule has 3 aromatic carbocycles. The fourth-order valence-corrected chi connectivity index (χ4v) is 3.42. The van der Waals surface area contributed by atoms with Crippen LogP contribution in [0, 0.1) is 0 Å². The molecule has 0 heterocycles. The highest BCUT2D eigenvalue weighted by atomic mass is 79.9. The van der Waals surface area contributed by atoms with Gasteiger partial charge in [-0.1, -0.05) is 88.7 Å². The number of carbonyl (C=O) groups is 2. The summed E-state index contributed by atoms with van der Waals surface area (Å²) in [5.41, 5.74) is 2.22. The van der Waals surface area contributed by atoms with E-state index in [1.54, 1.807) is 12.1 Å². The van der Waals surface area contributed by atoms with E-state index in [0.717, 1.165) is 15.6 Å². The molecule has 28 heavy (non-hydrogen) atoms. The number of ether oxygens (including phenoxy) is 1. The second kappa shape index (κ2) is 9.33. The second-order valence-corrected chi connectivity index (χ2v) is 7.20. The van der Waals surface area contributed by atoms with Gasteiger partial charge in [0.15, 0.2) is 5.78 Å². The first kappa shape index (κ1) is 19.8. The topological polar surface area (TPSA) is 55.4 Å². The van der Waals surface area contributed by atoms with Gasteiger partial charge in [0.05, 0.1) is 19.1 Å². The minimum Gasteiger partial charge on any atom is -0.453 e. The van der Waals surface area contributed by atoms with Crippen molar-refractivity contribution in [3.63, 3.8) is 0 Å². The predicted molar refractivity (Wildman–Crippen MR) is 112 cm³/mol. The van der Waals surface area contributed by atoms with E-state index in [1.807, 2.05) is 72.8 Å². The van der Waals surface area contributed by atoms with Crippen LogP contribution >= 0.6 is 15.9 Å². The number of ketones is 1. The average molecular weight is 438 g/mol. The van der Waals surface area contributed by atoms with E-state index >= 15 is 0 Å². The third kappa shape index (κ3) is 4.67. The number of rotatable bonds is 6. The lowest BCUT2D eigenvalue weighted by atomic mass is 9.81. The van der Waals surface area contributed by atoms with Gasteiger partial charge in [-0.3, -0.25) is 4.79 Å². The molecule has 0 saturated heterocycles. The van der Waals surface area contributed by atoms with Gasteiger partial charge in [-0.05, 0) is 23.3 Å². The van der Waals surface area contributed by atoms with E-state index in [-0.39, 0.29) is 5.78 Å². The molecule has 4 nitrogen and oxygen atoms in total. The zero-order valence-electron chi connectivity index (χ0n) is 15.3. The first-order valence-electron chi connectivity index (χ1n) is 8.84. The Labute approximate surface area is 172 Å². The molecule has 0 bridgehead atoms. The highest BCUT2D eigenvalue weighted by molar-refractivity contribution is 9.10. The minimum atomic E-state index is -0.608. The molecular formula is C23H20BrNO3. The lowest BCUT2D eigenvalue weighted by Crippen LogP contribution is -2.35. The highest BCUT2D eigenvalue weighted by Crippen LogP contribution is 2.34. The molecule has 0 aliphatic carbocycles. The largest absolute Gasteiger partial charge is 0.453 e. The first-order valence-corrected chi connectivity index (χ1v) is 9.63. The Morgan fingerprint density at radius 3 is 1.96 bits per heavy atom. The van der Waals surface area contributed by atoms with E-state index < -0.39 is 18.1 Å². The van der Waals surface area contributed by atoms with Crippen LogP contribution in [0.3, 0.4) is 0 Å². The summed E-state index contributed by atoms with van der Waals surface area (Å²) in [6.07, 6.45) is -0.588. The summed E-state index contributed by atoms with van der Waals surface area (Å²) < 4.78 is 5.74. The van der Waals surface area contributed by atoms with Crippen molar-refractivity contribution in [3.05, 3.63) is 106 Å². The number of Topliss-reactive ketones (excluding diaryl/α,β-unsaturated/α-hetero) is 1. The van der Waals surface area contributed by atoms with Crippen molar-refractivity contribution in [3.8, 4) is 0 Å². The lowest BCUT2D eigenvalue weighted by molar-refractivity contribution is 0.0936. The SMILES string of the molecule is COC(=O)NC(c1ccc(Br)cc1)C(C(=O)c1ccccc1)c1ccccc1. The Bertz CT molecular complexity index is 927. The van der Waals surface area contributed by atoms with Crippen LogP contribution in [0.25, 0.3) is 0 Å². The molecule has 2 atom stereocenters. The Morgan fingerprint density at radius 1 is 0.821 bits per heavy atom. The molecule has 3 rings (SSSR count). The molecule has 142 valence electrons. The smallest absolute Gasteiger partial charge is 0.407 e. The molecule has 0 saturated carbocycles. The van der Waals surface area contributed by atoms with Gasteiger partial charge in [-0.2, -0.15) is 0 Å². The number of benzene rings is 3. The van der Waals surface area contributed by atoms with Crippen LogP contribution in [0.1, 0.15) is 33.4 Å². The minimum absolute atomic E-state index is 0.0730. The zero-order chi connectivity index (χ0) is 19.9. The van der Waals surface area contributed by atoms with Crippen molar-refractivity contribution < 1.29 is 14.3 Å². The number of amides is 1. The van der Waals surface area contributed by atoms with Crippen LogP contribution in [0.5, 0.6) is 0 Å². The van der Waals surface area contributed by atoms with Crippen molar-refractivity contribution in [1.29, 1.82) is 0 Å². The highest BCUT2D eigenvalue weighted by Gasteiger charge is 2.33. The van der Waals surface area contributed by atoms with E-state index in [2.05, 4.69) is 21.2 Å². The van der Waals surface area contributed by atoms with Crippen molar-refractivity contribution in [2.24, 2.45) is 0 Å². The first-order chi connectivity index (χ1) is 13.6. The van der Waals surface area contributed by atoms with Gasteiger partial charge in [0, 0.05) is 10.0 Å². The monoisotopic (exact) mass is 437 g/mol. The molecule has 1 amide bonds. The number of hydrogen-bond donors (Lipinski definition) is 1. The van der Waals surface area contributed by atoms with Gasteiger partial charge in [-0.25, -0.2) is 4.79 Å². The molecular weight excluding hydrogens is 418 g/mol. The predicted octanol–water partition coefficient (Wildman–Crippen LogP) is 5.51. The molecule has 0 spiro atoms. The summed E-state index contributed by atoms with van der Waals surface area (Å²) in [4.78, 5) is 25.6. The zero-order valence-corrected chi connectivity index (χ0v) is 16.9. The van der Waals surface area contributed by atoms with Crippen LogP contribution in [0.15, 0.2) is 89.4 Å². The van der Waals surface area contributed by atoms with Crippen molar-refractivity contribution in [1.82, 2.24) is 5.32 Å². The van der Waals surface area contributed by atoms with E-state index in [9.17, 15) is 9.59 Å². The summed E-state index contributed by atoms with van der Waals surface area (Å²) >= 11 is 3.43. The van der Waals surface area contributed by atoms with Crippen molar-refractivity contribution >= 4 is 27.8 Å². The molecule has 1 N–H and O–H groups in total. The van der Waals surface area contributed by atoms with E-state index in [0.29, 0.717) is 5.56 Å². The summed E-state index contributed by atoms with van der Waals surface area (Å²) in [5.74, 6) is -0.681. The van der Waals surface area contributed by atoms with Gasteiger partial charge in [0.25, 0.3) is 0 Å². The quantitative estimate of drug-likeness (QED) is 0.516. The third-order valence-electron chi connectivity index (χ3n) is 4.52. The van der Waals surface area contributed by atoms with Crippen LogP contribution in [0.4, 0.5) is 4.79 Å². The lowest BCUT2D eigenvalue weighted by Gasteiger charge is -2.28. The molecule has 0 aliphatic heterocycles. The molecule has 0 aliphatic rings. The Hall–Kier alpha value is -2.92. The Balaban J connectivity index is 2.11. The molecule has 0 aromatic heterocycles. The van der Waals surface area contributed by atoms with Crippen LogP contribution < -0.4 is 5.32 Å². The van der Waals surface area contributed by atoms with E-state index in [4.69, 9.17) is 4.74 Å². The third-order valence-corrected chi connectivity index (χ3v) is 5.05. The van der Waals surface area contributed by atoms with Gasteiger partial charge < -0.3 is 10.1 Å². The standard InChI is InChI=1S/C23H20BrNO3/c1-28-23(27)25-21(17-12-14-19(24)15-13-17)20(16-8-4-2-5-9-16)22(26)18-10-6-3-7-11-18/h2-15,20-21H,1H3,(H,25,27). The maximum absolute atomic E-state index is 13.5. The van der Waals surface area contributed by atoms with Crippen LogP contribution in [-0.4, -0.2) is 19.0 Å². The summed E-state index contributed by atoms with van der Waals surface area (Å²) in [7, 11) is 1.31. The number of halogens is 1. The van der Waals surface area contributed by atoms with Crippen LogP contribution in [-0.2, 0) is 4.74 Å². The fraction of sp³-hybridized carbons (Fsp3) is 0.130. The normalized spacial score (nSPS) is 12.6. The second-order valence-electron chi connectivity index (χ2n) is 6.28. The maximum atomic E-state index is 13.5. The number of nitrogens with one attached hydrogen (secondary N) is 1.